The Bertz CT molecular complexity index is 898. The maximum atomic E-state index is 12.1. The van der Waals surface area contributed by atoms with Gasteiger partial charge in [0.25, 0.3) is 5.91 Å². The lowest BCUT2D eigenvalue weighted by Gasteiger charge is -2.19. The van der Waals surface area contributed by atoms with Gasteiger partial charge in [0.15, 0.2) is 5.96 Å². The highest BCUT2D eigenvalue weighted by molar-refractivity contribution is 6.02. The maximum absolute atomic E-state index is 12.1. The van der Waals surface area contributed by atoms with E-state index >= 15 is 0 Å². The Balaban J connectivity index is 2.04. The van der Waals surface area contributed by atoms with Crippen LogP contribution in [-0.2, 0) is 6.42 Å². The summed E-state index contributed by atoms with van der Waals surface area (Å²) in [5, 5.41) is 8.93. The van der Waals surface area contributed by atoms with Crippen LogP contribution in [0.3, 0.4) is 0 Å². The van der Waals surface area contributed by atoms with Gasteiger partial charge >= 0.3 is 0 Å². The van der Waals surface area contributed by atoms with Crippen molar-refractivity contribution in [1.82, 2.24) is 0 Å². The molecule has 0 aliphatic heterocycles. The number of carbonyl (C=O) groups excluding carboxylic acids is 1. The quantitative estimate of drug-likeness (QED) is 0.655. The monoisotopic (exact) mass is 316 g/mol. The van der Waals surface area contributed by atoms with E-state index in [2.05, 4.69) is 17.1 Å². The third-order valence-electron chi connectivity index (χ3n) is 3.96. The molecule has 1 aliphatic carbocycles. The van der Waals surface area contributed by atoms with Crippen LogP contribution < -0.4 is 11.5 Å². The van der Waals surface area contributed by atoms with Crippen LogP contribution in [0, 0.1) is 11.3 Å². The predicted molar refractivity (Wildman–Crippen MR) is 93.1 cm³/mol. The van der Waals surface area contributed by atoms with Gasteiger partial charge in [-0.1, -0.05) is 24.3 Å². The van der Waals surface area contributed by atoms with Gasteiger partial charge in [0.1, 0.15) is 0 Å². The Labute approximate surface area is 139 Å². The van der Waals surface area contributed by atoms with E-state index in [0.29, 0.717) is 11.1 Å². The first-order chi connectivity index (χ1) is 11.6. The molecule has 24 heavy (non-hydrogen) atoms. The summed E-state index contributed by atoms with van der Waals surface area (Å²) in [6.45, 7) is 0. The first kappa shape index (κ1) is 15.5. The SMILES string of the molecule is N#Cc1ccc(C2=CCCc3ccc(C(=O)N=C(N)N)cc32)cc1. The lowest BCUT2D eigenvalue weighted by molar-refractivity contribution is 0.100. The molecule has 0 aromatic heterocycles. The predicted octanol–water partition coefficient (Wildman–Crippen LogP) is 2.35. The van der Waals surface area contributed by atoms with E-state index in [4.69, 9.17) is 16.7 Å². The van der Waals surface area contributed by atoms with Gasteiger partial charge in [-0.3, -0.25) is 4.79 Å². The molecule has 0 bridgehead atoms. The molecule has 1 aliphatic rings. The molecule has 0 unspecified atom stereocenters. The lowest BCUT2D eigenvalue weighted by Crippen LogP contribution is -2.24. The summed E-state index contributed by atoms with van der Waals surface area (Å²) < 4.78 is 0. The molecule has 1 amide bonds. The first-order valence-electron chi connectivity index (χ1n) is 7.56. The molecule has 0 atom stereocenters. The number of allylic oxidation sites excluding steroid dienone is 1. The van der Waals surface area contributed by atoms with Crippen molar-refractivity contribution in [2.24, 2.45) is 16.5 Å². The third kappa shape index (κ3) is 3.03. The average molecular weight is 316 g/mol. The first-order valence-corrected chi connectivity index (χ1v) is 7.56. The van der Waals surface area contributed by atoms with Crippen LogP contribution in [0.25, 0.3) is 5.57 Å². The van der Waals surface area contributed by atoms with Gasteiger partial charge < -0.3 is 11.5 Å². The number of nitrogens with two attached hydrogens (primary N) is 2. The van der Waals surface area contributed by atoms with Crippen LogP contribution in [0.5, 0.6) is 0 Å². The fraction of sp³-hybridized carbons (Fsp3) is 0.105. The van der Waals surface area contributed by atoms with Crippen molar-refractivity contribution in [1.29, 1.82) is 5.26 Å². The highest BCUT2D eigenvalue weighted by Gasteiger charge is 2.17. The lowest BCUT2D eigenvalue weighted by atomic mass is 9.85. The van der Waals surface area contributed by atoms with Crippen molar-refractivity contribution < 1.29 is 4.79 Å². The van der Waals surface area contributed by atoms with E-state index in [0.717, 1.165) is 29.5 Å². The third-order valence-corrected chi connectivity index (χ3v) is 3.96. The highest BCUT2D eigenvalue weighted by Crippen LogP contribution is 2.32. The molecule has 2 aromatic carbocycles. The summed E-state index contributed by atoms with van der Waals surface area (Å²) in [5.74, 6) is -0.705. The van der Waals surface area contributed by atoms with Gasteiger partial charge in [0, 0.05) is 5.56 Å². The number of hydrogen-bond donors (Lipinski definition) is 2. The van der Waals surface area contributed by atoms with Gasteiger partial charge in [-0.05, 0) is 59.4 Å². The Morgan fingerprint density at radius 3 is 2.54 bits per heavy atom. The van der Waals surface area contributed by atoms with Crippen LogP contribution >= 0.6 is 0 Å². The molecule has 0 radical (unpaired) electrons. The minimum absolute atomic E-state index is 0.249. The number of benzene rings is 2. The summed E-state index contributed by atoms with van der Waals surface area (Å²) in [4.78, 5) is 15.7. The number of nitriles is 1. The second-order valence-electron chi connectivity index (χ2n) is 5.56. The molecule has 0 fully saturated rings. The van der Waals surface area contributed by atoms with Crippen molar-refractivity contribution in [3.05, 3.63) is 76.4 Å². The largest absolute Gasteiger partial charge is 0.370 e. The second kappa shape index (κ2) is 6.39. The summed E-state index contributed by atoms with van der Waals surface area (Å²) in [6.07, 6.45) is 4.01. The molecule has 0 spiro atoms. The topological polar surface area (TPSA) is 105 Å². The second-order valence-corrected chi connectivity index (χ2v) is 5.56. The van der Waals surface area contributed by atoms with Gasteiger partial charge in [0.2, 0.25) is 0 Å². The van der Waals surface area contributed by atoms with E-state index in [9.17, 15) is 4.79 Å². The summed E-state index contributed by atoms with van der Waals surface area (Å²) in [5.41, 5.74) is 15.9. The number of hydrogen-bond acceptors (Lipinski definition) is 2. The van der Waals surface area contributed by atoms with Crippen LogP contribution in [-0.4, -0.2) is 11.9 Å². The van der Waals surface area contributed by atoms with Crippen LogP contribution in [0.15, 0.2) is 53.5 Å². The van der Waals surface area contributed by atoms with Gasteiger partial charge in [0.05, 0.1) is 11.6 Å². The van der Waals surface area contributed by atoms with E-state index in [-0.39, 0.29) is 5.96 Å². The summed E-state index contributed by atoms with van der Waals surface area (Å²) >= 11 is 0. The zero-order valence-corrected chi connectivity index (χ0v) is 13.0. The van der Waals surface area contributed by atoms with Crippen LogP contribution in [0.2, 0.25) is 0 Å². The molecule has 0 heterocycles. The molecule has 118 valence electrons. The molecular weight excluding hydrogens is 300 g/mol. The van der Waals surface area contributed by atoms with Gasteiger partial charge in [-0.2, -0.15) is 10.3 Å². The number of aryl methyl sites for hydroxylation is 1. The molecule has 4 N–H and O–H groups in total. The van der Waals surface area contributed by atoms with E-state index in [1.54, 1.807) is 18.2 Å². The number of rotatable bonds is 2. The smallest absolute Gasteiger partial charge is 0.280 e. The molecule has 3 rings (SSSR count). The number of carbonyl (C=O) groups is 1. The molecule has 0 saturated heterocycles. The Morgan fingerprint density at radius 2 is 1.88 bits per heavy atom. The Kier molecular flexibility index (Phi) is 4.13. The minimum Gasteiger partial charge on any atom is -0.370 e. The molecule has 2 aromatic rings. The van der Waals surface area contributed by atoms with Crippen molar-refractivity contribution in [2.75, 3.05) is 0 Å². The highest BCUT2D eigenvalue weighted by atomic mass is 16.1. The molecular formula is C19H16N4O. The summed E-state index contributed by atoms with van der Waals surface area (Å²) in [7, 11) is 0. The number of fused-ring (bicyclic) bond motifs is 1. The maximum Gasteiger partial charge on any atom is 0.280 e. The summed E-state index contributed by atoms with van der Waals surface area (Å²) in [6, 6.07) is 15.1. The zero-order valence-electron chi connectivity index (χ0n) is 13.0. The number of nitrogens with zero attached hydrogens (tertiary/aromatic N) is 2. The normalized spacial score (nSPS) is 12.5. The minimum atomic E-state index is -0.456. The van der Waals surface area contributed by atoms with Crippen molar-refractivity contribution in [3.63, 3.8) is 0 Å². The van der Waals surface area contributed by atoms with Crippen molar-refractivity contribution in [3.8, 4) is 6.07 Å². The van der Waals surface area contributed by atoms with Gasteiger partial charge in [-0.15, -0.1) is 0 Å². The molecule has 5 heteroatoms. The number of aliphatic imine (C=N–C) groups is 1. The Hall–Kier alpha value is -3.39. The van der Waals surface area contributed by atoms with E-state index in [1.165, 1.54) is 5.56 Å². The van der Waals surface area contributed by atoms with Crippen LogP contribution in [0.4, 0.5) is 0 Å². The van der Waals surface area contributed by atoms with Crippen molar-refractivity contribution in [2.45, 2.75) is 12.8 Å². The fourth-order valence-electron chi connectivity index (χ4n) is 2.84. The van der Waals surface area contributed by atoms with Crippen molar-refractivity contribution >= 4 is 17.4 Å². The molecule has 0 saturated carbocycles. The molecule has 5 nitrogen and oxygen atoms in total. The van der Waals surface area contributed by atoms with Crippen LogP contribution in [0.1, 0.15) is 39.0 Å². The van der Waals surface area contributed by atoms with E-state index < -0.39 is 5.91 Å². The Morgan fingerprint density at radius 1 is 1.12 bits per heavy atom. The number of guanidine groups is 1. The zero-order chi connectivity index (χ0) is 17.1. The van der Waals surface area contributed by atoms with E-state index in [1.807, 2.05) is 24.3 Å². The standard InChI is InChI=1S/C19H16N4O/c20-11-12-4-6-14(7-5-12)16-3-1-2-13-8-9-15(10-17(13)16)18(24)23-19(21)22/h3-10H,1-2H2,(H4,21,22,23,24). The fourth-order valence-corrected chi connectivity index (χ4v) is 2.84. The average Bonchev–Trinajstić information content (AvgIpc) is 2.60. The number of amides is 1. The van der Waals surface area contributed by atoms with Gasteiger partial charge in [-0.25, -0.2) is 0 Å².